The summed E-state index contributed by atoms with van der Waals surface area (Å²) in [7, 11) is 0. The molecule has 1 aromatic carbocycles. The third kappa shape index (κ3) is 4.63. The van der Waals surface area contributed by atoms with E-state index in [2.05, 4.69) is 5.32 Å². The summed E-state index contributed by atoms with van der Waals surface area (Å²) >= 11 is 0. The number of aliphatic hydroxyl groups excluding tert-OH is 1. The standard InChI is InChI=1S/C14H22FNO2/c1-4-18-13-6-5-11(7-12(13)15)8-16-9-14(2,3)10-17/h5-7,16-17H,4,8-10H2,1-3H3. The Morgan fingerprint density at radius 3 is 2.67 bits per heavy atom. The molecule has 0 saturated carbocycles. The van der Waals surface area contributed by atoms with Crippen LogP contribution in [-0.2, 0) is 6.54 Å². The van der Waals surface area contributed by atoms with Gasteiger partial charge in [-0.25, -0.2) is 4.39 Å². The van der Waals surface area contributed by atoms with Crippen molar-refractivity contribution in [3.05, 3.63) is 29.6 Å². The van der Waals surface area contributed by atoms with Crippen molar-refractivity contribution in [2.24, 2.45) is 5.41 Å². The molecule has 2 N–H and O–H groups in total. The Bertz CT molecular complexity index is 380. The molecule has 18 heavy (non-hydrogen) atoms. The van der Waals surface area contributed by atoms with Gasteiger partial charge < -0.3 is 15.2 Å². The Labute approximate surface area is 108 Å². The van der Waals surface area contributed by atoms with Gasteiger partial charge in [0.2, 0.25) is 0 Å². The lowest BCUT2D eigenvalue weighted by Crippen LogP contribution is -2.31. The summed E-state index contributed by atoms with van der Waals surface area (Å²) in [5.41, 5.74) is 0.703. The minimum atomic E-state index is -0.336. The first-order valence-corrected chi connectivity index (χ1v) is 6.21. The molecule has 4 heteroatoms. The van der Waals surface area contributed by atoms with Crippen molar-refractivity contribution in [2.75, 3.05) is 19.8 Å². The first-order valence-electron chi connectivity index (χ1n) is 6.21. The van der Waals surface area contributed by atoms with Gasteiger partial charge in [0.15, 0.2) is 11.6 Å². The van der Waals surface area contributed by atoms with E-state index in [-0.39, 0.29) is 23.6 Å². The summed E-state index contributed by atoms with van der Waals surface area (Å²) in [6, 6.07) is 4.96. The van der Waals surface area contributed by atoms with Crippen LogP contribution in [0.5, 0.6) is 5.75 Å². The summed E-state index contributed by atoms with van der Waals surface area (Å²) in [5, 5.41) is 12.3. The van der Waals surface area contributed by atoms with Crippen molar-refractivity contribution in [3.8, 4) is 5.75 Å². The fraction of sp³-hybridized carbons (Fsp3) is 0.571. The highest BCUT2D eigenvalue weighted by Gasteiger charge is 2.15. The topological polar surface area (TPSA) is 41.5 Å². The second-order valence-corrected chi connectivity index (χ2v) is 5.12. The molecule has 0 saturated heterocycles. The molecular weight excluding hydrogens is 233 g/mol. The number of hydrogen-bond acceptors (Lipinski definition) is 3. The predicted octanol–water partition coefficient (Wildman–Crippen LogP) is 2.33. The fourth-order valence-electron chi connectivity index (χ4n) is 1.53. The van der Waals surface area contributed by atoms with Crippen molar-refractivity contribution in [3.63, 3.8) is 0 Å². The van der Waals surface area contributed by atoms with E-state index in [1.165, 1.54) is 6.07 Å². The fourth-order valence-corrected chi connectivity index (χ4v) is 1.53. The second-order valence-electron chi connectivity index (χ2n) is 5.12. The van der Waals surface area contributed by atoms with Crippen LogP contribution in [-0.4, -0.2) is 24.9 Å². The van der Waals surface area contributed by atoms with Gasteiger partial charge in [-0.15, -0.1) is 0 Å². The minimum absolute atomic E-state index is 0.123. The van der Waals surface area contributed by atoms with Crippen LogP contribution in [0.4, 0.5) is 4.39 Å². The Hall–Kier alpha value is -1.13. The molecule has 0 heterocycles. The molecular formula is C14H22FNO2. The third-order valence-corrected chi connectivity index (χ3v) is 2.66. The number of hydrogen-bond donors (Lipinski definition) is 2. The van der Waals surface area contributed by atoms with E-state index < -0.39 is 0 Å². The van der Waals surface area contributed by atoms with Crippen LogP contribution in [0.25, 0.3) is 0 Å². The molecule has 0 spiro atoms. The molecule has 3 nitrogen and oxygen atoms in total. The lowest BCUT2D eigenvalue weighted by atomic mass is 9.95. The van der Waals surface area contributed by atoms with Gasteiger partial charge in [0.25, 0.3) is 0 Å². The molecule has 0 aromatic heterocycles. The molecule has 0 aliphatic rings. The van der Waals surface area contributed by atoms with E-state index in [0.717, 1.165) is 5.56 Å². The van der Waals surface area contributed by atoms with Crippen molar-refractivity contribution in [2.45, 2.75) is 27.3 Å². The molecule has 0 fully saturated rings. The highest BCUT2D eigenvalue weighted by atomic mass is 19.1. The Morgan fingerprint density at radius 1 is 1.39 bits per heavy atom. The SMILES string of the molecule is CCOc1ccc(CNCC(C)(C)CO)cc1F. The van der Waals surface area contributed by atoms with Gasteiger partial charge in [-0.3, -0.25) is 0 Å². The maximum absolute atomic E-state index is 13.6. The van der Waals surface area contributed by atoms with E-state index in [4.69, 9.17) is 9.84 Å². The van der Waals surface area contributed by atoms with Crippen LogP contribution < -0.4 is 10.1 Å². The summed E-state index contributed by atoms with van der Waals surface area (Å²) in [6.45, 7) is 7.60. The second kappa shape index (κ2) is 6.71. The quantitative estimate of drug-likeness (QED) is 0.785. The van der Waals surface area contributed by atoms with Crippen molar-refractivity contribution in [1.29, 1.82) is 0 Å². The van der Waals surface area contributed by atoms with E-state index in [9.17, 15) is 4.39 Å². The Kier molecular flexibility index (Phi) is 5.56. The number of ether oxygens (including phenoxy) is 1. The molecule has 0 bridgehead atoms. The molecule has 0 amide bonds. The Morgan fingerprint density at radius 2 is 2.11 bits per heavy atom. The first kappa shape index (κ1) is 14.9. The van der Waals surface area contributed by atoms with Gasteiger partial charge in [0.1, 0.15) is 0 Å². The summed E-state index contributed by atoms with van der Waals surface area (Å²) in [4.78, 5) is 0. The van der Waals surface area contributed by atoms with Gasteiger partial charge in [0.05, 0.1) is 6.61 Å². The van der Waals surface area contributed by atoms with Gasteiger partial charge in [-0.1, -0.05) is 19.9 Å². The number of aliphatic hydroxyl groups is 1. The smallest absolute Gasteiger partial charge is 0.165 e. The van der Waals surface area contributed by atoms with E-state index in [1.807, 2.05) is 26.8 Å². The number of benzene rings is 1. The molecule has 1 aromatic rings. The number of nitrogens with one attached hydrogen (secondary N) is 1. The maximum atomic E-state index is 13.6. The van der Waals surface area contributed by atoms with Crippen LogP contribution in [0.3, 0.4) is 0 Å². The van der Waals surface area contributed by atoms with E-state index in [1.54, 1.807) is 6.07 Å². The zero-order valence-electron chi connectivity index (χ0n) is 11.3. The lowest BCUT2D eigenvalue weighted by Gasteiger charge is -2.22. The van der Waals surface area contributed by atoms with Crippen LogP contribution in [0.1, 0.15) is 26.3 Å². The third-order valence-electron chi connectivity index (χ3n) is 2.66. The normalized spacial score (nSPS) is 11.6. The highest BCUT2D eigenvalue weighted by Crippen LogP contribution is 2.18. The van der Waals surface area contributed by atoms with Crippen molar-refractivity contribution >= 4 is 0 Å². The molecule has 0 radical (unpaired) electrons. The Balaban J connectivity index is 2.51. The summed E-state index contributed by atoms with van der Waals surface area (Å²) < 4.78 is 18.7. The van der Waals surface area contributed by atoms with Gasteiger partial charge >= 0.3 is 0 Å². The zero-order valence-corrected chi connectivity index (χ0v) is 11.3. The predicted molar refractivity (Wildman–Crippen MR) is 70.1 cm³/mol. The monoisotopic (exact) mass is 255 g/mol. The average molecular weight is 255 g/mol. The van der Waals surface area contributed by atoms with Crippen LogP contribution in [0, 0.1) is 11.2 Å². The van der Waals surface area contributed by atoms with Gasteiger partial charge in [0, 0.05) is 25.1 Å². The summed E-state index contributed by atoms with van der Waals surface area (Å²) in [5.74, 6) is -0.0468. The van der Waals surface area contributed by atoms with E-state index >= 15 is 0 Å². The van der Waals surface area contributed by atoms with Gasteiger partial charge in [-0.2, -0.15) is 0 Å². The van der Waals surface area contributed by atoms with Crippen LogP contribution in [0.2, 0.25) is 0 Å². The first-order chi connectivity index (χ1) is 8.48. The van der Waals surface area contributed by atoms with Crippen LogP contribution in [0.15, 0.2) is 18.2 Å². The molecule has 0 aliphatic heterocycles. The molecule has 1 rings (SSSR count). The minimum Gasteiger partial charge on any atom is -0.491 e. The zero-order chi connectivity index (χ0) is 13.6. The molecule has 0 aliphatic carbocycles. The van der Waals surface area contributed by atoms with Crippen molar-refractivity contribution in [1.82, 2.24) is 5.32 Å². The summed E-state index contributed by atoms with van der Waals surface area (Å²) in [6.07, 6.45) is 0. The maximum Gasteiger partial charge on any atom is 0.165 e. The van der Waals surface area contributed by atoms with Crippen molar-refractivity contribution < 1.29 is 14.2 Å². The molecule has 102 valence electrons. The lowest BCUT2D eigenvalue weighted by molar-refractivity contribution is 0.156. The largest absolute Gasteiger partial charge is 0.491 e. The molecule has 0 atom stereocenters. The van der Waals surface area contributed by atoms with Gasteiger partial charge in [-0.05, 0) is 24.6 Å². The highest BCUT2D eigenvalue weighted by molar-refractivity contribution is 5.29. The van der Waals surface area contributed by atoms with E-state index in [0.29, 0.717) is 19.7 Å². The van der Waals surface area contributed by atoms with Crippen LogP contribution >= 0.6 is 0 Å². The average Bonchev–Trinajstić information content (AvgIpc) is 2.32. The number of halogens is 1. The molecule has 0 unspecified atom stereocenters. The number of rotatable bonds is 7.